The SMILES string of the molecule is CCOC(=O)CC[C@@H]1C[C@H](Oc2cccc(F)c2)CN1. The van der Waals surface area contributed by atoms with Crippen molar-refractivity contribution in [3.05, 3.63) is 30.1 Å². The Kier molecular flexibility index (Phi) is 5.35. The molecule has 0 bridgehead atoms. The zero-order chi connectivity index (χ0) is 14.4. The molecule has 1 aliphatic heterocycles. The average Bonchev–Trinajstić information content (AvgIpc) is 2.84. The van der Waals surface area contributed by atoms with Gasteiger partial charge in [0.15, 0.2) is 0 Å². The number of esters is 1. The normalized spacial score (nSPS) is 21.7. The summed E-state index contributed by atoms with van der Waals surface area (Å²) in [6.07, 6.45) is 1.99. The number of rotatable bonds is 6. The minimum atomic E-state index is -0.299. The van der Waals surface area contributed by atoms with Gasteiger partial charge >= 0.3 is 5.97 Å². The number of benzene rings is 1. The summed E-state index contributed by atoms with van der Waals surface area (Å²) in [5.74, 6) is 0.0824. The van der Waals surface area contributed by atoms with Gasteiger partial charge in [-0.3, -0.25) is 4.79 Å². The first-order chi connectivity index (χ1) is 9.67. The van der Waals surface area contributed by atoms with Gasteiger partial charge in [-0.25, -0.2) is 4.39 Å². The molecule has 0 unspecified atom stereocenters. The van der Waals surface area contributed by atoms with E-state index in [0.717, 1.165) is 12.8 Å². The van der Waals surface area contributed by atoms with E-state index in [2.05, 4.69) is 5.32 Å². The second-order valence-corrected chi connectivity index (χ2v) is 4.88. The minimum absolute atomic E-state index is 0.0176. The molecule has 0 spiro atoms. The van der Waals surface area contributed by atoms with Crippen LogP contribution in [-0.4, -0.2) is 31.3 Å². The van der Waals surface area contributed by atoms with Gasteiger partial charge in [0.2, 0.25) is 0 Å². The van der Waals surface area contributed by atoms with Crippen LogP contribution in [0.4, 0.5) is 4.39 Å². The fourth-order valence-electron chi connectivity index (χ4n) is 2.35. The van der Waals surface area contributed by atoms with Crippen LogP contribution < -0.4 is 10.1 Å². The molecule has 1 fully saturated rings. The Morgan fingerprint density at radius 2 is 2.35 bits per heavy atom. The Morgan fingerprint density at radius 3 is 3.10 bits per heavy atom. The van der Waals surface area contributed by atoms with Crippen molar-refractivity contribution in [3.63, 3.8) is 0 Å². The number of halogens is 1. The predicted molar refractivity (Wildman–Crippen MR) is 73.1 cm³/mol. The molecule has 20 heavy (non-hydrogen) atoms. The van der Waals surface area contributed by atoms with Crippen molar-refractivity contribution < 1.29 is 18.7 Å². The third-order valence-corrected chi connectivity index (χ3v) is 3.28. The highest BCUT2D eigenvalue weighted by Gasteiger charge is 2.26. The molecule has 4 nitrogen and oxygen atoms in total. The fraction of sp³-hybridized carbons (Fsp3) is 0.533. The lowest BCUT2D eigenvalue weighted by Gasteiger charge is -2.13. The molecule has 1 aromatic rings. The highest BCUT2D eigenvalue weighted by Crippen LogP contribution is 2.20. The molecule has 0 aromatic heterocycles. The fourth-order valence-corrected chi connectivity index (χ4v) is 2.35. The van der Waals surface area contributed by atoms with Gasteiger partial charge in [0, 0.05) is 31.5 Å². The van der Waals surface area contributed by atoms with Crippen LogP contribution in [0.3, 0.4) is 0 Å². The molecular weight excluding hydrogens is 261 g/mol. The topological polar surface area (TPSA) is 47.6 Å². The highest BCUT2D eigenvalue weighted by molar-refractivity contribution is 5.69. The Balaban J connectivity index is 1.73. The highest BCUT2D eigenvalue weighted by atomic mass is 19.1. The van der Waals surface area contributed by atoms with Gasteiger partial charge in [-0.1, -0.05) is 6.07 Å². The molecule has 0 saturated carbocycles. The summed E-state index contributed by atoms with van der Waals surface area (Å²) < 4.78 is 23.7. The molecule has 1 aliphatic rings. The van der Waals surface area contributed by atoms with Crippen LogP contribution in [0, 0.1) is 5.82 Å². The van der Waals surface area contributed by atoms with Crippen molar-refractivity contribution in [2.45, 2.75) is 38.3 Å². The quantitative estimate of drug-likeness (QED) is 0.813. The number of carbonyl (C=O) groups is 1. The summed E-state index contributed by atoms with van der Waals surface area (Å²) in [6, 6.07) is 6.40. The zero-order valence-corrected chi connectivity index (χ0v) is 11.6. The number of hydrogen-bond acceptors (Lipinski definition) is 4. The van der Waals surface area contributed by atoms with Gasteiger partial charge < -0.3 is 14.8 Å². The number of carbonyl (C=O) groups excluding carboxylic acids is 1. The van der Waals surface area contributed by atoms with Crippen molar-refractivity contribution in [3.8, 4) is 5.75 Å². The molecule has 2 rings (SSSR count). The summed E-state index contributed by atoms with van der Waals surface area (Å²) >= 11 is 0. The van der Waals surface area contributed by atoms with E-state index >= 15 is 0 Å². The van der Waals surface area contributed by atoms with Crippen LogP contribution in [-0.2, 0) is 9.53 Å². The third kappa shape index (κ3) is 4.49. The van der Waals surface area contributed by atoms with Gasteiger partial charge in [0.05, 0.1) is 6.61 Å². The van der Waals surface area contributed by atoms with Crippen LogP contribution in [0.1, 0.15) is 26.2 Å². The van der Waals surface area contributed by atoms with E-state index in [1.165, 1.54) is 12.1 Å². The Hall–Kier alpha value is -1.62. The second kappa shape index (κ2) is 7.24. The maximum atomic E-state index is 13.1. The first kappa shape index (κ1) is 14.8. The lowest BCUT2D eigenvalue weighted by atomic mass is 10.1. The molecule has 0 amide bonds. The van der Waals surface area contributed by atoms with E-state index in [4.69, 9.17) is 9.47 Å². The van der Waals surface area contributed by atoms with Gasteiger partial charge in [-0.05, 0) is 25.5 Å². The lowest BCUT2D eigenvalue weighted by Crippen LogP contribution is -2.23. The molecule has 1 heterocycles. The summed E-state index contributed by atoms with van der Waals surface area (Å²) in [6.45, 7) is 2.93. The van der Waals surface area contributed by atoms with Crippen LogP contribution in [0.15, 0.2) is 24.3 Å². The smallest absolute Gasteiger partial charge is 0.305 e. The number of hydrogen-bond donors (Lipinski definition) is 1. The van der Waals surface area contributed by atoms with E-state index in [1.807, 2.05) is 0 Å². The van der Waals surface area contributed by atoms with Crippen molar-refractivity contribution in [2.24, 2.45) is 0 Å². The van der Waals surface area contributed by atoms with Crippen molar-refractivity contribution in [1.82, 2.24) is 5.32 Å². The van der Waals surface area contributed by atoms with E-state index in [1.54, 1.807) is 19.1 Å². The maximum Gasteiger partial charge on any atom is 0.305 e. The maximum absolute atomic E-state index is 13.1. The monoisotopic (exact) mass is 281 g/mol. The van der Waals surface area contributed by atoms with Crippen molar-refractivity contribution >= 4 is 5.97 Å². The lowest BCUT2D eigenvalue weighted by molar-refractivity contribution is -0.143. The van der Waals surface area contributed by atoms with Crippen molar-refractivity contribution in [2.75, 3.05) is 13.2 Å². The largest absolute Gasteiger partial charge is 0.489 e. The second-order valence-electron chi connectivity index (χ2n) is 4.88. The van der Waals surface area contributed by atoms with Gasteiger partial charge in [0.25, 0.3) is 0 Å². The molecule has 5 heteroatoms. The van der Waals surface area contributed by atoms with Crippen molar-refractivity contribution in [1.29, 1.82) is 0 Å². The Labute approximate surface area is 118 Å². The first-order valence-electron chi connectivity index (χ1n) is 6.98. The molecule has 1 N–H and O–H groups in total. The summed E-state index contributed by atoms with van der Waals surface area (Å²) in [4.78, 5) is 11.3. The van der Waals surface area contributed by atoms with E-state index < -0.39 is 0 Å². The Morgan fingerprint density at radius 1 is 1.50 bits per heavy atom. The van der Waals surface area contributed by atoms with E-state index in [0.29, 0.717) is 25.3 Å². The molecule has 110 valence electrons. The van der Waals surface area contributed by atoms with E-state index in [9.17, 15) is 9.18 Å². The number of ether oxygens (including phenoxy) is 2. The molecule has 1 aromatic carbocycles. The first-order valence-corrected chi connectivity index (χ1v) is 6.98. The minimum Gasteiger partial charge on any atom is -0.489 e. The van der Waals surface area contributed by atoms with Crippen LogP contribution >= 0.6 is 0 Å². The van der Waals surface area contributed by atoms with Crippen LogP contribution in [0.5, 0.6) is 5.75 Å². The van der Waals surface area contributed by atoms with Crippen LogP contribution in [0.25, 0.3) is 0 Å². The molecule has 0 aliphatic carbocycles. The number of nitrogens with one attached hydrogen (secondary N) is 1. The van der Waals surface area contributed by atoms with E-state index in [-0.39, 0.29) is 23.9 Å². The van der Waals surface area contributed by atoms with Crippen LogP contribution in [0.2, 0.25) is 0 Å². The predicted octanol–water partition coefficient (Wildman–Crippen LogP) is 2.28. The van der Waals surface area contributed by atoms with Gasteiger partial charge in [-0.15, -0.1) is 0 Å². The molecule has 0 radical (unpaired) electrons. The molecule has 1 saturated heterocycles. The Bertz CT molecular complexity index is 452. The average molecular weight is 281 g/mol. The molecule has 2 atom stereocenters. The van der Waals surface area contributed by atoms with Gasteiger partial charge in [0.1, 0.15) is 17.7 Å². The standard InChI is InChI=1S/C15H20FNO3/c1-2-19-15(18)7-6-12-9-14(10-17-12)20-13-5-3-4-11(16)8-13/h3-5,8,12,14,17H,2,6-7,9-10H2,1H3/t12-,14+/m1/s1. The summed E-state index contributed by atoms with van der Waals surface area (Å²) in [5, 5.41) is 3.31. The summed E-state index contributed by atoms with van der Waals surface area (Å²) in [5.41, 5.74) is 0. The van der Waals surface area contributed by atoms with Gasteiger partial charge in [-0.2, -0.15) is 0 Å². The molecular formula is C15H20FNO3. The summed E-state index contributed by atoms with van der Waals surface area (Å²) in [7, 11) is 0. The zero-order valence-electron chi connectivity index (χ0n) is 11.6. The third-order valence-electron chi connectivity index (χ3n) is 3.28.